The number of hydrogen-bond acceptors (Lipinski definition) is 3. The summed E-state index contributed by atoms with van der Waals surface area (Å²) in [5.74, 6) is -0.157. The van der Waals surface area contributed by atoms with Crippen molar-refractivity contribution in [1.29, 1.82) is 0 Å². The van der Waals surface area contributed by atoms with E-state index >= 15 is 0 Å². The van der Waals surface area contributed by atoms with Gasteiger partial charge in [0, 0.05) is 44.5 Å². The van der Waals surface area contributed by atoms with Gasteiger partial charge in [-0.15, -0.1) is 0 Å². The third kappa shape index (κ3) is 3.07. The van der Waals surface area contributed by atoms with E-state index in [0.717, 1.165) is 38.4 Å². The second kappa shape index (κ2) is 5.88. The van der Waals surface area contributed by atoms with E-state index in [-0.39, 0.29) is 5.82 Å². The molecule has 0 unspecified atom stereocenters. The third-order valence-corrected chi connectivity index (χ3v) is 4.29. The molecule has 1 aromatic carbocycles. The van der Waals surface area contributed by atoms with E-state index in [2.05, 4.69) is 15.1 Å². The number of piperidine rings is 1. The minimum Gasteiger partial charge on any atom is -0.369 e. The van der Waals surface area contributed by atoms with Gasteiger partial charge in [-0.1, -0.05) is 0 Å². The molecular formula is C15H22FN3. The molecule has 2 aliphatic heterocycles. The zero-order valence-electron chi connectivity index (χ0n) is 11.3. The summed E-state index contributed by atoms with van der Waals surface area (Å²) in [4.78, 5) is 4.96. The molecule has 2 aliphatic rings. The van der Waals surface area contributed by atoms with Gasteiger partial charge in [-0.2, -0.15) is 0 Å². The molecule has 0 aliphatic carbocycles. The standard InChI is InChI=1S/C15H22FN3/c16-13-3-5-14(6-4-13)18-8-10-19(11-9-18)15-2-1-7-17-12-15/h3-6,15,17H,1-2,7-12H2/t15-/m0/s1. The van der Waals surface area contributed by atoms with Crippen LogP contribution in [0, 0.1) is 5.82 Å². The Labute approximate surface area is 114 Å². The first-order chi connectivity index (χ1) is 9.33. The first-order valence-electron chi connectivity index (χ1n) is 7.28. The van der Waals surface area contributed by atoms with Crippen molar-refractivity contribution in [2.45, 2.75) is 18.9 Å². The molecule has 0 amide bonds. The van der Waals surface area contributed by atoms with Crippen LogP contribution in [0.25, 0.3) is 0 Å². The number of nitrogens with zero attached hydrogens (tertiary/aromatic N) is 2. The van der Waals surface area contributed by atoms with Gasteiger partial charge < -0.3 is 10.2 Å². The highest BCUT2D eigenvalue weighted by Crippen LogP contribution is 2.19. The van der Waals surface area contributed by atoms with E-state index in [4.69, 9.17) is 0 Å². The summed E-state index contributed by atoms with van der Waals surface area (Å²) in [6, 6.07) is 7.57. The van der Waals surface area contributed by atoms with E-state index in [1.165, 1.54) is 19.4 Å². The predicted octanol–water partition coefficient (Wildman–Crippen LogP) is 1.70. The number of piperazine rings is 1. The van der Waals surface area contributed by atoms with Crippen molar-refractivity contribution in [1.82, 2.24) is 10.2 Å². The van der Waals surface area contributed by atoms with Crippen LogP contribution in [0.15, 0.2) is 24.3 Å². The summed E-state index contributed by atoms with van der Waals surface area (Å²) in [6.45, 7) is 6.63. The van der Waals surface area contributed by atoms with Gasteiger partial charge in [-0.05, 0) is 43.7 Å². The molecule has 0 aromatic heterocycles. The van der Waals surface area contributed by atoms with Crippen molar-refractivity contribution in [3.63, 3.8) is 0 Å². The summed E-state index contributed by atoms with van der Waals surface area (Å²) >= 11 is 0. The number of rotatable bonds is 2. The van der Waals surface area contributed by atoms with Crippen molar-refractivity contribution in [3.8, 4) is 0 Å². The molecule has 4 heteroatoms. The van der Waals surface area contributed by atoms with Crippen LogP contribution >= 0.6 is 0 Å². The van der Waals surface area contributed by atoms with Gasteiger partial charge in [0.15, 0.2) is 0 Å². The van der Waals surface area contributed by atoms with Crippen LogP contribution in [0.5, 0.6) is 0 Å². The highest BCUT2D eigenvalue weighted by atomic mass is 19.1. The maximum absolute atomic E-state index is 12.9. The quantitative estimate of drug-likeness (QED) is 0.876. The molecule has 2 saturated heterocycles. The van der Waals surface area contributed by atoms with Gasteiger partial charge >= 0.3 is 0 Å². The SMILES string of the molecule is Fc1ccc(N2CCN([C@H]3CCCNC3)CC2)cc1. The van der Waals surface area contributed by atoms with Crippen molar-refractivity contribution >= 4 is 5.69 Å². The minimum atomic E-state index is -0.157. The summed E-state index contributed by atoms with van der Waals surface area (Å²) < 4.78 is 12.9. The van der Waals surface area contributed by atoms with Gasteiger partial charge in [-0.25, -0.2) is 4.39 Å². The number of benzene rings is 1. The fourth-order valence-corrected chi connectivity index (χ4v) is 3.14. The smallest absolute Gasteiger partial charge is 0.123 e. The summed E-state index contributed by atoms with van der Waals surface area (Å²) in [5, 5.41) is 3.48. The first-order valence-corrected chi connectivity index (χ1v) is 7.28. The fraction of sp³-hybridized carbons (Fsp3) is 0.600. The molecule has 0 spiro atoms. The van der Waals surface area contributed by atoms with Crippen LogP contribution in [-0.2, 0) is 0 Å². The molecule has 19 heavy (non-hydrogen) atoms. The molecule has 3 rings (SSSR count). The number of halogens is 1. The molecule has 2 fully saturated rings. The lowest BCUT2D eigenvalue weighted by atomic mass is 10.0. The lowest BCUT2D eigenvalue weighted by molar-refractivity contribution is 0.157. The predicted molar refractivity (Wildman–Crippen MR) is 76.1 cm³/mol. The van der Waals surface area contributed by atoms with Gasteiger partial charge in [-0.3, -0.25) is 4.90 Å². The molecule has 3 nitrogen and oxygen atoms in total. The Bertz CT molecular complexity index is 392. The van der Waals surface area contributed by atoms with E-state index < -0.39 is 0 Å². The largest absolute Gasteiger partial charge is 0.369 e. The van der Waals surface area contributed by atoms with Gasteiger partial charge in [0.05, 0.1) is 0 Å². The topological polar surface area (TPSA) is 18.5 Å². The van der Waals surface area contributed by atoms with Crippen LogP contribution < -0.4 is 10.2 Å². The summed E-state index contributed by atoms with van der Waals surface area (Å²) in [5.41, 5.74) is 1.14. The lowest BCUT2D eigenvalue weighted by Gasteiger charge is -2.41. The Balaban J connectivity index is 1.55. The fourth-order valence-electron chi connectivity index (χ4n) is 3.14. The zero-order chi connectivity index (χ0) is 13.1. The Morgan fingerprint density at radius 3 is 2.42 bits per heavy atom. The van der Waals surface area contributed by atoms with Crippen LogP contribution in [0.4, 0.5) is 10.1 Å². The average molecular weight is 263 g/mol. The Morgan fingerprint density at radius 2 is 1.79 bits per heavy atom. The van der Waals surface area contributed by atoms with E-state index in [1.807, 2.05) is 12.1 Å². The first kappa shape index (κ1) is 12.9. The molecule has 1 aromatic rings. The monoisotopic (exact) mass is 263 g/mol. The Kier molecular flexibility index (Phi) is 3.99. The second-order valence-corrected chi connectivity index (χ2v) is 5.50. The maximum atomic E-state index is 12.9. The van der Waals surface area contributed by atoms with Crippen molar-refractivity contribution in [2.24, 2.45) is 0 Å². The normalized spacial score (nSPS) is 25.5. The molecule has 1 atom stereocenters. The zero-order valence-corrected chi connectivity index (χ0v) is 11.3. The summed E-state index contributed by atoms with van der Waals surface area (Å²) in [7, 11) is 0. The van der Waals surface area contributed by atoms with Crippen LogP contribution in [0.2, 0.25) is 0 Å². The van der Waals surface area contributed by atoms with Crippen LogP contribution in [0.3, 0.4) is 0 Å². The van der Waals surface area contributed by atoms with E-state index in [9.17, 15) is 4.39 Å². The third-order valence-electron chi connectivity index (χ3n) is 4.29. The van der Waals surface area contributed by atoms with E-state index in [1.54, 1.807) is 12.1 Å². The van der Waals surface area contributed by atoms with Crippen LogP contribution in [-0.4, -0.2) is 50.2 Å². The van der Waals surface area contributed by atoms with Gasteiger partial charge in [0.2, 0.25) is 0 Å². The van der Waals surface area contributed by atoms with Crippen molar-refractivity contribution in [3.05, 3.63) is 30.1 Å². The second-order valence-electron chi connectivity index (χ2n) is 5.50. The molecule has 0 saturated carbocycles. The van der Waals surface area contributed by atoms with Crippen molar-refractivity contribution in [2.75, 3.05) is 44.2 Å². The summed E-state index contributed by atoms with van der Waals surface area (Å²) in [6.07, 6.45) is 2.62. The van der Waals surface area contributed by atoms with Crippen molar-refractivity contribution < 1.29 is 4.39 Å². The maximum Gasteiger partial charge on any atom is 0.123 e. The van der Waals surface area contributed by atoms with Gasteiger partial charge in [0.1, 0.15) is 5.82 Å². The van der Waals surface area contributed by atoms with Gasteiger partial charge in [0.25, 0.3) is 0 Å². The molecular weight excluding hydrogens is 241 g/mol. The highest BCUT2D eigenvalue weighted by Gasteiger charge is 2.24. The molecule has 1 N–H and O–H groups in total. The average Bonchev–Trinajstić information content (AvgIpc) is 2.49. The molecule has 2 heterocycles. The minimum absolute atomic E-state index is 0.157. The molecule has 0 radical (unpaired) electrons. The lowest BCUT2D eigenvalue weighted by Crippen LogP contribution is -2.54. The molecule has 0 bridgehead atoms. The number of hydrogen-bond donors (Lipinski definition) is 1. The highest BCUT2D eigenvalue weighted by molar-refractivity contribution is 5.46. The number of nitrogens with one attached hydrogen (secondary N) is 1. The van der Waals surface area contributed by atoms with Crippen LogP contribution in [0.1, 0.15) is 12.8 Å². The Morgan fingerprint density at radius 1 is 1.05 bits per heavy atom. The number of anilines is 1. The molecule has 104 valence electrons. The van der Waals surface area contributed by atoms with E-state index in [0.29, 0.717) is 6.04 Å². The Hall–Kier alpha value is -1.13.